The Morgan fingerprint density at radius 2 is 1.93 bits per heavy atom. The van der Waals surface area contributed by atoms with Crippen molar-refractivity contribution < 1.29 is 37.4 Å². The van der Waals surface area contributed by atoms with Crippen LogP contribution in [0, 0.1) is 17.2 Å². The van der Waals surface area contributed by atoms with E-state index in [1.807, 2.05) is 13.8 Å². The van der Waals surface area contributed by atoms with Gasteiger partial charge in [-0.15, -0.1) is 0 Å². The Morgan fingerprint density at radius 1 is 1.20 bits per heavy atom. The van der Waals surface area contributed by atoms with Gasteiger partial charge in [-0.3, -0.25) is 9.52 Å². The number of hydrogen-bond acceptors (Lipinski definition) is 13. The van der Waals surface area contributed by atoms with E-state index in [9.17, 15) is 14.6 Å². The third kappa shape index (κ3) is 6.79. The third-order valence-electron chi connectivity index (χ3n) is 8.05. The topological polar surface area (TPSA) is 182 Å². The summed E-state index contributed by atoms with van der Waals surface area (Å²) in [6, 6.07) is 13.1. The summed E-state index contributed by atoms with van der Waals surface area (Å²) in [5.74, 6) is 0.0987. The van der Waals surface area contributed by atoms with E-state index in [0.717, 1.165) is 18.8 Å². The van der Waals surface area contributed by atoms with Crippen molar-refractivity contribution in [2.24, 2.45) is 10.9 Å². The third-order valence-corrected chi connectivity index (χ3v) is 9.44. The lowest BCUT2D eigenvalue weighted by Crippen LogP contribution is -2.40. The Balaban J connectivity index is 1.40. The van der Waals surface area contributed by atoms with E-state index in [2.05, 4.69) is 21.1 Å². The van der Waals surface area contributed by atoms with Gasteiger partial charge in [-0.1, -0.05) is 44.9 Å². The molecule has 1 aromatic carbocycles. The molecule has 2 N–H and O–H groups in total. The number of nitrogens with two attached hydrogens (primary N) is 1. The van der Waals surface area contributed by atoms with Crippen LogP contribution in [0.3, 0.4) is 0 Å². The first-order valence-electron chi connectivity index (χ1n) is 15.2. The fourth-order valence-electron chi connectivity index (χ4n) is 5.44. The largest absolute Gasteiger partial charge is 0.464 e. The highest BCUT2D eigenvalue weighted by Gasteiger charge is 2.65. The number of aliphatic imine (C=N–C) groups is 1. The fourth-order valence-corrected chi connectivity index (χ4v) is 6.74. The second-order valence-electron chi connectivity index (χ2n) is 11.7. The maximum atomic E-state index is 14.1. The van der Waals surface area contributed by atoms with Gasteiger partial charge in [-0.05, 0) is 51.0 Å². The molecule has 14 nitrogen and oxygen atoms in total. The van der Waals surface area contributed by atoms with Gasteiger partial charge in [0.05, 0.1) is 18.9 Å². The summed E-state index contributed by atoms with van der Waals surface area (Å²) in [5.41, 5.74) is 5.17. The van der Waals surface area contributed by atoms with Crippen LogP contribution in [0.4, 0.5) is 5.82 Å². The van der Waals surface area contributed by atoms with Crippen molar-refractivity contribution in [1.82, 2.24) is 14.6 Å². The number of ether oxygens (including phenoxy) is 4. The molecule has 3 aromatic rings. The summed E-state index contributed by atoms with van der Waals surface area (Å²) in [6.45, 7) is 8.98. The normalized spacial score (nSPS) is 25.7. The molecule has 5 rings (SSSR count). The molecule has 246 valence electrons. The Morgan fingerprint density at radius 3 is 2.63 bits per heavy atom. The molecule has 46 heavy (non-hydrogen) atoms. The number of carbonyl (C=O) groups excluding carboxylic acids is 1. The molecular weight excluding hydrogens is 615 g/mol. The molecular formula is C31H39N6O8P. The second kappa shape index (κ2) is 13.5. The zero-order valence-electron chi connectivity index (χ0n) is 26.4. The number of nitrogen functional groups attached to an aromatic ring is 1. The van der Waals surface area contributed by atoms with Gasteiger partial charge >= 0.3 is 13.6 Å². The van der Waals surface area contributed by atoms with Gasteiger partial charge in [-0.25, -0.2) is 18.9 Å². The molecule has 2 aromatic heterocycles. The first-order chi connectivity index (χ1) is 21.9. The number of nitriles is 1. The van der Waals surface area contributed by atoms with E-state index in [-0.39, 0.29) is 30.7 Å². The van der Waals surface area contributed by atoms with E-state index in [4.69, 9.17) is 33.7 Å². The number of benzene rings is 1. The zero-order valence-corrected chi connectivity index (χ0v) is 27.3. The van der Waals surface area contributed by atoms with E-state index in [0.29, 0.717) is 11.2 Å². The minimum Gasteiger partial charge on any atom is -0.464 e. The Labute approximate surface area is 267 Å². The van der Waals surface area contributed by atoms with Crippen LogP contribution in [-0.2, 0) is 38.4 Å². The van der Waals surface area contributed by atoms with Gasteiger partial charge in [0.15, 0.2) is 11.6 Å². The van der Waals surface area contributed by atoms with Crippen LogP contribution in [0.1, 0.15) is 53.2 Å². The number of carbonyl (C=O) groups is 1. The average Bonchev–Trinajstić information content (AvgIpc) is 3.70. The summed E-state index contributed by atoms with van der Waals surface area (Å²) >= 11 is 0. The second-order valence-corrected chi connectivity index (χ2v) is 13.4. The van der Waals surface area contributed by atoms with Crippen molar-refractivity contribution in [3.63, 3.8) is 0 Å². The van der Waals surface area contributed by atoms with Crippen molar-refractivity contribution in [3.8, 4) is 11.8 Å². The van der Waals surface area contributed by atoms with Crippen LogP contribution in [0.2, 0.25) is 0 Å². The molecule has 4 heterocycles. The number of para-hydroxylation sites is 1. The van der Waals surface area contributed by atoms with Crippen LogP contribution in [-0.4, -0.2) is 69.9 Å². The van der Waals surface area contributed by atoms with E-state index in [1.165, 1.54) is 17.8 Å². The molecule has 2 aliphatic heterocycles. The predicted molar refractivity (Wildman–Crippen MR) is 167 cm³/mol. The smallest absolute Gasteiger partial charge is 0.421 e. The SMILES string of the molecule is CCC(CC)COC(=O)[C@H](C)/N=C\P(=O)(OC[C@H]1O[C@@](C#N)(c2ccc3c(N)ncnn23)[C@@H]2OC(C)(C)O[C@@H]21)Oc1ccccc1. The number of esters is 1. The summed E-state index contributed by atoms with van der Waals surface area (Å²) < 4.78 is 51.5. The molecule has 0 saturated carbocycles. The van der Waals surface area contributed by atoms with E-state index < -0.39 is 49.3 Å². The molecule has 1 unspecified atom stereocenters. The first-order valence-corrected chi connectivity index (χ1v) is 16.8. The standard InChI is InChI=1S/C31H39N6O8P/c1-6-21(7-2)15-40-29(38)20(3)35-19-46(39,45-22-11-9-8-10-12-22)41-16-24-26-27(44-30(4,5)43-26)31(17-32,42-24)25-14-13-23-28(33)34-18-36-37(23)25/h8-14,18-21,24,26-27H,6-7,15-16H2,1-5H3,(H2,33,34,36)/b35-19-/t20-,24+,26+,27+,31-,46?/m0/s1. The van der Waals surface area contributed by atoms with Crippen molar-refractivity contribution >= 4 is 30.9 Å². The Bertz CT molecular complexity index is 1660. The summed E-state index contributed by atoms with van der Waals surface area (Å²) in [7, 11) is -4.16. The lowest BCUT2D eigenvalue weighted by atomic mass is 9.92. The molecule has 2 fully saturated rings. The van der Waals surface area contributed by atoms with E-state index in [1.54, 1.807) is 56.3 Å². The zero-order chi connectivity index (χ0) is 33.1. The highest BCUT2D eigenvalue weighted by atomic mass is 31.2. The fraction of sp³-hybridized carbons (Fsp3) is 0.516. The summed E-state index contributed by atoms with van der Waals surface area (Å²) in [4.78, 5) is 20.8. The minimum absolute atomic E-state index is 0.222. The quantitative estimate of drug-likeness (QED) is 0.153. The Hall–Kier alpha value is -3.86. The van der Waals surface area contributed by atoms with Crippen LogP contribution in [0.15, 0.2) is 53.8 Å². The first kappa shape index (κ1) is 33.5. The van der Waals surface area contributed by atoms with Crippen LogP contribution >= 0.6 is 7.60 Å². The monoisotopic (exact) mass is 654 g/mol. The maximum absolute atomic E-state index is 14.1. The molecule has 0 amide bonds. The molecule has 2 aliphatic rings. The number of anilines is 1. The summed E-state index contributed by atoms with van der Waals surface area (Å²) in [6.07, 6.45) is 0.367. The lowest BCUT2D eigenvalue weighted by molar-refractivity contribution is -0.203. The number of rotatable bonds is 13. The number of aromatic nitrogens is 3. The molecule has 15 heteroatoms. The molecule has 0 bridgehead atoms. The molecule has 6 atom stereocenters. The van der Waals surface area contributed by atoms with Crippen molar-refractivity contribution in [2.45, 2.75) is 83.2 Å². The predicted octanol–water partition coefficient (Wildman–Crippen LogP) is 4.63. The average molecular weight is 655 g/mol. The van der Waals surface area contributed by atoms with Crippen LogP contribution < -0.4 is 10.3 Å². The molecule has 2 saturated heterocycles. The number of nitrogens with zero attached hydrogens (tertiary/aromatic N) is 5. The maximum Gasteiger partial charge on any atom is 0.421 e. The van der Waals surface area contributed by atoms with Crippen LogP contribution in [0.25, 0.3) is 5.52 Å². The summed E-state index contributed by atoms with van der Waals surface area (Å²) in [5, 5.41) is 14.9. The van der Waals surface area contributed by atoms with Gasteiger partial charge in [0.25, 0.3) is 0 Å². The van der Waals surface area contributed by atoms with Crippen molar-refractivity contribution in [1.29, 1.82) is 5.26 Å². The van der Waals surface area contributed by atoms with Gasteiger partial charge in [-0.2, -0.15) is 10.4 Å². The number of fused-ring (bicyclic) bond motifs is 2. The molecule has 0 aliphatic carbocycles. The van der Waals surface area contributed by atoms with Gasteiger partial charge < -0.3 is 29.2 Å². The van der Waals surface area contributed by atoms with Gasteiger partial charge in [0.2, 0.25) is 5.60 Å². The molecule has 0 spiro atoms. The van der Waals surface area contributed by atoms with Gasteiger partial charge in [0.1, 0.15) is 54.0 Å². The minimum atomic E-state index is -4.16. The van der Waals surface area contributed by atoms with Crippen molar-refractivity contribution in [3.05, 3.63) is 54.5 Å². The van der Waals surface area contributed by atoms with Gasteiger partial charge in [0, 0.05) is 0 Å². The van der Waals surface area contributed by atoms with Crippen LogP contribution in [0.5, 0.6) is 5.75 Å². The number of hydrogen-bond donors (Lipinski definition) is 1. The highest BCUT2D eigenvalue weighted by Crippen LogP contribution is 2.52. The highest BCUT2D eigenvalue weighted by molar-refractivity contribution is 7.70. The lowest BCUT2D eigenvalue weighted by Gasteiger charge is -2.29. The van der Waals surface area contributed by atoms with E-state index >= 15 is 0 Å². The molecule has 0 radical (unpaired) electrons. The van der Waals surface area contributed by atoms with Crippen molar-refractivity contribution in [2.75, 3.05) is 18.9 Å². The Kier molecular flexibility index (Phi) is 9.81.